The average molecular weight is 449 g/mol. The van der Waals surface area contributed by atoms with Crippen LogP contribution in [0.3, 0.4) is 0 Å². The standard InChI is InChI=1S/C27H29ClN2O2/c1-4-7-25-27(32,21-9-6-8-20(5-2)18-21)30(24-16-12-22(28)13-17-24)26(31)29(25)23-14-10-19(3)11-15-23/h6,8-18,25,32H,4-5,7H2,1-3H3. The van der Waals surface area contributed by atoms with E-state index in [9.17, 15) is 9.90 Å². The van der Waals surface area contributed by atoms with Crippen molar-refractivity contribution >= 4 is 29.0 Å². The molecular weight excluding hydrogens is 420 g/mol. The molecule has 1 fully saturated rings. The van der Waals surface area contributed by atoms with Crippen molar-refractivity contribution in [3.8, 4) is 0 Å². The number of urea groups is 1. The number of carbonyl (C=O) groups excluding carboxylic acids is 1. The van der Waals surface area contributed by atoms with Crippen LogP contribution in [-0.2, 0) is 12.1 Å². The molecule has 1 aliphatic heterocycles. The normalized spacial score (nSPS) is 20.8. The van der Waals surface area contributed by atoms with Crippen molar-refractivity contribution in [2.24, 2.45) is 0 Å². The van der Waals surface area contributed by atoms with Gasteiger partial charge in [-0.25, -0.2) is 4.79 Å². The Bertz CT molecular complexity index is 1100. The maximum Gasteiger partial charge on any atom is 0.332 e. The van der Waals surface area contributed by atoms with Crippen molar-refractivity contribution in [2.75, 3.05) is 9.80 Å². The molecule has 0 spiro atoms. The molecule has 0 aliphatic carbocycles. The topological polar surface area (TPSA) is 43.8 Å². The number of hydrogen-bond donors (Lipinski definition) is 1. The number of nitrogens with zero attached hydrogens (tertiary/aromatic N) is 2. The van der Waals surface area contributed by atoms with Crippen LogP contribution in [-0.4, -0.2) is 17.2 Å². The van der Waals surface area contributed by atoms with Crippen molar-refractivity contribution < 1.29 is 9.90 Å². The number of halogens is 1. The Morgan fingerprint density at radius 2 is 1.62 bits per heavy atom. The molecule has 1 heterocycles. The second kappa shape index (κ2) is 8.97. The maximum atomic E-state index is 14.0. The van der Waals surface area contributed by atoms with E-state index in [2.05, 4.69) is 13.8 Å². The summed E-state index contributed by atoms with van der Waals surface area (Å²) >= 11 is 6.12. The quantitative estimate of drug-likeness (QED) is 0.457. The molecule has 4 rings (SSSR count). The Labute approximate surface area is 195 Å². The number of hydrogen-bond acceptors (Lipinski definition) is 2. The van der Waals surface area contributed by atoms with E-state index in [0.717, 1.165) is 29.7 Å². The molecule has 166 valence electrons. The largest absolute Gasteiger partial charge is 0.365 e. The Kier molecular flexibility index (Phi) is 6.27. The molecule has 2 amide bonds. The molecule has 3 aromatic carbocycles. The summed E-state index contributed by atoms with van der Waals surface area (Å²) in [6.07, 6.45) is 2.32. The molecule has 4 nitrogen and oxygen atoms in total. The summed E-state index contributed by atoms with van der Waals surface area (Å²) in [4.78, 5) is 17.2. The van der Waals surface area contributed by atoms with Crippen LogP contribution in [0, 0.1) is 6.92 Å². The minimum Gasteiger partial charge on any atom is -0.365 e. The Balaban J connectivity index is 1.94. The first-order valence-corrected chi connectivity index (χ1v) is 11.5. The van der Waals surface area contributed by atoms with Gasteiger partial charge in [-0.05, 0) is 61.7 Å². The molecule has 0 aromatic heterocycles. The Hall–Kier alpha value is -2.82. The van der Waals surface area contributed by atoms with Crippen LogP contribution in [0.25, 0.3) is 0 Å². The molecule has 1 N–H and O–H groups in total. The zero-order chi connectivity index (χ0) is 22.9. The third-order valence-corrected chi connectivity index (χ3v) is 6.49. The van der Waals surface area contributed by atoms with E-state index >= 15 is 0 Å². The number of amides is 2. The number of carbonyl (C=O) groups is 1. The summed E-state index contributed by atoms with van der Waals surface area (Å²) in [5, 5.41) is 13.0. The molecule has 2 unspecified atom stereocenters. The lowest BCUT2D eigenvalue weighted by molar-refractivity contribution is 0.0289. The van der Waals surface area contributed by atoms with Crippen molar-refractivity contribution in [1.29, 1.82) is 0 Å². The van der Waals surface area contributed by atoms with Gasteiger partial charge in [0.15, 0.2) is 5.72 Å². The van der Waals surface area contributed by atoms with E-state index < -0.39 is 11.8 Å². The molecule has 5 heteroatoms. The third kappa shape index (κ3) is 3.78. The Morgan fingerprint density at radius 1 is 0.969 bits per heavy atom. The fraction of sp³-hybridized carbons (Fsp3) is 0.296. The fourth-order valence-electron chi connectivity index (χ4n) is 4.55. The highest BCUT2D eigenvalue weighted by molar-refractivity contribution is 6.30. The van der Waals surface area contributed by atoms with E-state index in [0.29, 0.717) is 22.7 Å². The van der Waals surface area contributed by atoms with Gasteiger partial charge in [-0.15, -0.1) is 0 Å². The predicted molar refractivity (Wildman–Crippen MR) is 131 cm³/mol. The number of aryl methyl sites for hydroxylation is 2. The highest BCUT2D eigenvalue weighted by Crippen LogP contribution is 2.46. The van der Waals surface area contributed by atoms with Gasteiger partial charge in [0.25, 0.3) is 0 Å². The monoisotopic (exact) mass is 448 g/mol. The van der Waals surface area contributed by atoms with E-state index in [1.54, 1.807) is 29.2 Å². The van der Waals surface area contributed by atoms with Crippen molar-refractivity contribution in [3.63, 3.8) is 0 Å². The second-order valence-electron chi connectivity index (χ2n) is 8.38. The minimum atomic E-state index is -1.53. The molecule has 0 radical (unpaired) electrons. The highest BCUT2D eigenvalue weighted by atomic mass is 35.5. The van der Waals surface area contributed by atoms with Crippen LogP contribution in [0.4, 0.5) is 16.2 Å². The molecule has 1 aliphatic rings. The van der Waals surface area contributed by atoms with Gasteiger partial charge < -0.3 is 5.11 Å². The first-order chi connectivity index (χ1) is 15.4. The van der Waals surface area contributed by atoms with Gasteiger partial charge in [0, 0.05) is 22.0 Å². The number of aliphatic hydroxyl groups is 1. The average Bonchev–Trinajstić information content (AvgIpc) is 3.03. The fourth-order valence-corrected chi connectivity index (χ4v) is 4.68. The molecule has 1 saturated heterocycles. The van der Waals surface area contributed by atoms with Crippen LogP contribution < -0.4 is 9.80 Å². The maximum absolute atomic E-state index is 14.0. The summed E-state index contributed by atoms with van der Waals surface area (Å²) in [6.45, 7) is 6.18. The zero-order valence-corrected chi connectivity index (χ0v) is 19.5. The zero-order valence-electron chi connectivity index (χ0n) is 18.8. The minimum absolute atomic E-state index is 0.251. The van der Waals surface area contributed by atoms with E-state index in [1.807, 2.05) is 55.5 Å². The summed E-state index contributed by atoms with van der Waals surface area (Å²) in [5.41, 5.74) is 2.81. The summed E-state index contributed by atoms with van der Waals surface area (Å²) in [7, 11) is 0. The molecule has 0 bridgehead atoms. The van der Waals surface area contributed by atoms with Gasteiger partial charge in [-0.2, -0.15) is 0 Å². The van der Waals surface area contributed by atoms with E-state index in [1.165, 1.54) is 4.90 Å². The summed E-state index contributed by atoms with van der Waals surface area (Å²) in [5.74, 6) is 0. The van der Waals surface area contributed by atoms with Crippen LogP contribution in [0.2, 0.25) is 5.02 Å². The number of benzene rings is 3. The molecular formula is C27H29ClN2O2. The first kappa shape index (κ1) is 22.4. The second-order valence-corrected chi connectivity index (χ2v) is 8.82. The number of rotatable bonds is 6. The van der Waals surface area contributed by atoms with Crippen LogP contribution in [0.5, 0.6) is 0 Å². The van der Waals surface area contributed by atoms with Gasteiger partial charge in [0.2, 0.25) is 0 Å². The molecule has 2 atom stereocenters. The van der Waals surface area contributed by atoms with Gasteiger partial charge in [-0.1, -0.05) is 73.8 Å². The molecule has 0 saturated carbocycles. The van der Waals surface area contributed by atoms with Gasteiger partial charge in [0.05, 0.1) is 6.04 Å². The van der Waals surface area contributed by atoms with Crippen molar-refractivity contribution in [1.82, 2.24) is 0 Å². The lowest BCUT2D eigenvalue weighted by Gasteiger charge is -2.37. The van der Waals surface area contributed by atoms with Gasteiger partial charge >= 0.3 is 6.03 Å². The van der Waals surface area contributed by atoms with E-state index in [4.69, 9.17) is 11.6 Å². The van der Waals surface area contributed by atoms with E-state index in [-0.39, 0.29) is 6.03 Å². The molecule has 32 heavy (non-hydrogen) atoms. The van der Waals surface area contributed by atoms with Crippen LogP contribution in [0.15, 0.2) is 72.8 Å². The van der Waals surface area contributed by atoms with Crippen LogP contribution in [0.1, 0.15) is 43.4 Å². The first-order valence-electron chi connectivity index (χ1n) is 11.2. The summed E-state index contributed by atoms with van der Waals surface area (Å²) in [6, 6.07) is 22.2. The predicted octanol–water partition coefficient (Wildman–Crippen LogP) is 6.67. The van der Waals surface area contributed by atoms with Crippen LogP contribution >= 0.6 is 11.6 Å². The molecule has 3 aromatic rings. The van der Waals surface area contributed by atoms with Gasteiger partial charge in [0.1, 0.15) is 0 Å². The third-order valence-electron chi connectivity index (χ3n) is 6.23. The van der Waals surface area contributed by atoms with Gasteiger partial charge in [-0.3, -0.25) is 9.80 Å². The Morgan fingerprint density at radius 3 is 2.25 bits per heavy atom. The smallest absolute Gasteiger partial charge is 0.332 e. The SMILES string of the molecule is CCCC1N(c2ccc(C)cc2)C(=O)N(c2ccc(Cl)cc2)C1(O)c1cccc(CC)c1. The lowest BCUT2D eigenvalue weighted by atomic mass is 9.89. The van der Waals surface area contributed by atoms with Crippen molar-refractivity contribution in [3.05, 3.63) is 94.5 Å². The highest BCUT2D eigenvalue weighted by Gasteiger charge is 2.58. The number of anilines is 2. The summed E-state index contributed by atoms with van der Waals surface area (Å²) < 4.78 is 0. The van der Waals surface area contributed by atoms with Crippen molar-refractivity contribution in [2.45, 2.75) is 51.8 Å². The lowest BCUT2D eigenvalue weighted by Crippen LogP contribution is -2.49.